The summed E-state index contributed by atoms with van der Waals surface area (Å²) in [5, 5.41) is 9.14. The number of rotatable bonds is 5. The third kappa shape index (κ3) is 3.04. The van der Waals surface area contributed by atoms with E-state index in [-0.39, 0.29) is 6.42 Å². The predicted octanol–water partition coefficient (Wildman–Crippen LogP) is 2.81. The molecule has 1 aromatic heterocycles. The summed E-state index contributed by atoms with van der Waals surface area (Å²) in [4.78, 5) is 14.6. The van der Waals surface area contributed by atoms with Crippen LogP contribution >= 0.6 is 11.8 Å². The van der Waals surface area contributed by atoms with Crippen LogP contribution in [-0.4, -0.2) is 26.4 Å². The summed E-state index contributed by atoms with van der Waals surface area (Å²) in [6, 6.07) is 2.17. The molecular weight excluding hydrogens is 274 g/mol. The zero-order valence-electron chi connectivity index (χ0n) is 10.2. The molecule has 0 unspecified atom stereocenters. The van der Waals surface area contributed by atoms with E-state index >= 15 is 0 Å². The number of carboxylic acids is 1. The highest BCUT2D eigenvalue weighted by Crippen LogP contribution is 2.25. The van der Waals surface area contributed by atoms with Gasteiger partial charge in [0.2, 0.25) is 0 Å². The summed E-state index contributed by atoms with van der Waals surface area (Å²) in [5.74, 6) is -2.07. The van der Waals surface area contributed by atoms with Crippen LogP contribution in [0.15, 0.2) is 17.3 Å². The molecule has 7 heteroatoms. The van der Waals surface area contributed by atoms with Gasteiger partial charge in [-0.3, -0.25) is 4.79 Å². The number of nitrogens with zero attached hydrogens (tertiary/aromatic N) is 2. The van der Waals surface area contributed by atoms with Crippen LogP contribution in [0.4, 0.5) is 8.78 Å². The molecule has 2 rings (SSSR count). The Kier molecular flexibility index (Phi) is 4.04. The molecule has 0 saturated heterocycles. The number of thioether (sulfide) groups is 1. The van der Waals surface area contributed by atoms with E-state index in [0.717, 1.165) is 12.1 Å². The van der Waals surface area contributed by atoms with E-state index in [1.165, 1.54) is 11.8 Å². The molecule has 0 fully saturated rings. The van der Waals surface area contributed by atoms with Crippen LogP contribution in [0.3, 0.4) is 0 Å². The SMILES string of the molecule is Cn1c(SCCCC(=O)O)nc2cc(F)c(F)cc21. The Morgan fingerprint density at radius 3 is 2.79 bits per heavy atom. The van der Waals surface area contributed by atoms with E-state index in [0.29, 0.717) is 28.4 Å². The summed E-state index contributed by atoms with van der Waals surface area (Å²) < 4.78 is 27.9. The highest BCUT2D eigenvalue weighted by Gasteiger charge is 2.12. The van der Waals surface area contributed by atoms with Crippen molar-refractivity contribution < 1.29 is 18.7 Å². The van der Waals surface area contributed by atoms with Crippen molar-refractivity contribution in [3.8, 4) is 0 Å². The van der Waals surface area contributed by atoms with Crippen LogP contribution in [-0.2, 0) is 11.8 Å². The Morgan fingerprint density at radius 2 is 2.11 bits per heavy atom. The number of aromatic nitrogens is 2. The first-order valence-electron chi connectivity index (χ1n) is 5.65. The van der Waals surface area contributed by atoms with E-state index in [1.54, 1.807) is 11.6 Å². The molecule has 0 amide bonds. The molecule has 0 bridgehead atoms. The highest BCUT2D eigenvalue weighted by atomic mass is 32.2. The van der Waals surface area contributed by atoms with Gasteiger partial charge in [-0.05, 0) is 6.42 Å². The fourth-order valence-corrected chi connectivity index (χ4v) is 2.61. The Morgan fingerprint density at radius 1 is 1.42 bits per heavy atom. The van der Waals surface area contributed by atoms with Gasteiger partial charge in [0, 0.05) is 31.4 Å². The zero-order chi connectivity index (χ0) is 14.0. The number of carbonyl (C=O) groups is 1. The van der Waals surface area contributed by atoms with Gasteiger partial charge in [-0.2, -0.15) is 0 Å². The van der Waals surface area contributed by atoms with E-state index in [2.05, 4.69) is 4.98 Å². The molecule has 1 N–H and O–H groups in total. The predicted molar refractivity (Wildman–Crippen MR) is 68.2 cm³/mol. The number of carboxylic acid groups (broad SMARTS) is 1. The van der Waals surface area contributed by atoms with E-state index < -0.39 is 17.6 Å². The van der Waals surface area contributed by atoms with Gasteiger partial charge in [-0.1, -0.05) is 11.8 Å². The molecule has 19 heavy (non-hydrogen) atoms. The minimum Gasteiger partial charge on any atom is -0.481 e. The summed E-state index contributed by atoms with van der Waals surface area (Å²) in [6.07, 6.45) is 0.617. The Bertz CT molecular complexity index is 628. The Balaban J connectivity index is 2.16. The van der Waals surface area contributed by atoms with E-state index in [9.17, 15) is 13.6 Å². The van der Waals surface area contributed by atoms with Gasteiger partial charge in [0.1, 0.15) is 0 Å². The average Bonchev–Trinajstić information content (AvgIpc) is 2.63. The lowest BCUT2D eigenvalue weighted by atomic mass is 10.3. The zero-order valence-corrected chi connectivity index (χ0v) is 11.0. The second-order valence-electron chi connectivity index (χ2n) is 4.05. The first-order chi connectivity index (χ1) is 8.99. The number of hydrogen-bond acceptors (Lipinski definition) is 3. The van der Waals surface area contributed by atoms with Gasteiger partial charge in [0.05, 0.1) is 11.0 Å². The van der Waals surface area contributed by atoms with Crippen LogP contribution in [0, 0.1) is 11.6 Å². The molecule has 1 aromatic carbocycles. The standard InChI is InChI=1S/C12H12F2N2O2S/c1-16-10-6-8(14)7(13)5-9(10)15-12(16)19-4-2-3-11(17)18/h5-6H,2-4H2,1H3,(H,17,18). The third-order valence-corrected chi connectivity index (χ3v) is 3.76. The van der Waals surface area contributed by atoms with E-state index in [4.69, 9.17) is 5.11 Å². The number of imidazole rings is 1. The second kappa shape index (κ2) is 5.56. The average molecular weight is 286 g/mol. The number of fused-ring (bicyclic) bond motifs is 1. The summed E-state index contributed by atoms with van der Waals surface area (Å²) in [6.45, 7) is 0. The van der Waals surface area contributed by atoms with Gasteiger partial charge in [0.15, 0.2) is 16.8 Å². The molecule has 1 heterocycles. The van der Waals surface area contributed by atoms with Crippen molar-refractivity contribution in [2.24, 2.45) is 7.05 Å². The van der Waals surface area contributed by atoms with Crippen molar-refractivity contribution in [2.45, 2.75) is 18.0 Å². The van der Waals surface area contributed by atoms with Gasteiger partial charge < -0.3 is 9.67 Å². The molecule has 0 atom stereocenters. The Labute approximate surface area is 112 Å². The molecule has 0 aliphatic heterocycles. The quantitative estimate of drug-likeness (QED) is 0.678. The Hall–Kier alpha value is -1.63. The molecule has 0 aliphatic rings. The van der Waals surface area contributed by atoms with Crippen molar-refractivity contribution in [1.29, 1.82) is 0 Å². The van der Waals surface area contributed by atoms with Crippen LogP contribution < -0.4 is 0 Å². The normalized spacial score (nSPS) is 11.1. The smallest absolute Gasteiger partial charge is 0.303 e. The van der Waals surface area contributed by atoms with E-state index in [1.807, 2.05) is 0 Å². The van der Waals surface area contributed by atoms with Crippen LogP contribution in [0.2, 0.25) is 0 Å². The first kappa shape index (κ1) is 13.8. The van der Waals surface area contributed by atoms with Crippen molar-refractivity contribution in [3.05, 3.63) is 23.8 Å². The molecule has 4 nitrogen and oxygen atoms in total. The van der Waals surface area contributed by atoms with Crippen molar-refractivity contribution in [1.82, 2.24) is 9.55 Å². The van der Waals surface area contributed by atoms with Crippen molar-refractivity contribution >= 4 is 28.8 Å². The molecule has 102 valence electrons. The first-order valence-corrected chi connectivity index (χ1v) is 6.63. The summed E-state index contributed by atoms with van der Waals surface area (Å²) in [7, 11) is 1.71. The third-order valence-electron chi connectivity index (χ3n) is 2.65. The molecular formula is C12H12F2N2O2S. The molecule has 0 saturated carbocycles. The van der Waals surface area contributed by atoms with Crippen LogP contribution in [0.1, 0.15) is 12.8 Å². The lowest BCUT2D eigenvalue weighted by molar-refractivity contribution is -0.137. The molecule has 0 spiro atoms. The van der Waals surface area contributed by atoms with Gasteiger partial charge in [-0.25, -0.2) is 13.8 Å². The van der Waals surface area contributed by atoms with Crippen molar-refractivity contribution in [3.63, 3.8) is 0 Å². The highest BCUT2D eigenvalue weighted by molar-refractivity contribution is 7.99. The van der Waals surface area contributed by atoms with Crippen molar-refractivity contribution in [2.75, 3.05) is 5.75 Å². The molecule has 0 radical (unpaired) electrons. The van der Waals surface area contributed by atoms with Crippen LogP contribution in [0.5, 0.6) is 0 Å². The molecule has 0 aliphatic carbocycles. The lowest BCUT2D eigenvalue weighted by Crippen LogP contribution is -1.96. The fourth-order valence-electron chi connectivity index (χ4n) is 1.68. The monoisotopic (exact) mass is 286 g/mol. The molecule has 2 aromatic rings. The number of hydrogen-bond donors (Lipinski definition) is 1. The maximum Gasteiger partial charge on any atom is 0.303 e. The largest absolute Gasteiger partial charge is 0.481 e. The minimum atomic E-state index is -0.923. The number of aliphatic carboxylic acids is 1. The number of halogens is 2. The fraction of sp³-hybridized carbons (Fsp3) is 0.333. The number of benzene rings is 1. The maximum atomic E-state index is 13.1. The number of aryl methyl sites for hydroxylation is 1. The van der Waals surface area contributed by atoms with Gasteiger partial charge >= 0.3 is 5.97 Å². The second-order valence-corrected chi connectivity index (χ2v) is 5.12. The topological polar surface area (TPSA) is 55.1 Å². The van der Waals surface area contributed by atoms with Crippen LogP contribution in [0.25, 0.3) is 11.0 Å². The lowest BCUT2D eigenvalue weighted by Gasteiger charge is -2.01. The van der Waals surface area contributed by atoms with Gasteiger partial charge in [-0.15, -0.1) is 0 Å². The maximum absolute atomic E-state index is 13.1. The summed E-state index contributed by atoms with van der Waals surface area (Å²) >= 11 is 1.37. The minimum absolute atomic E-state index is 0.0974. The van der Waals surface area contributed by atoms with Gasteiger partial charge in [0.25, 0.3) is 0 Å². The summed E-state index contributed by atoms with van der Waals surface area (Å²) in [5.41, 5.74) is 0.904.